The van der Waals surface area contributed by atoms with Crippen LogP contribution in [0.2, 0.25) is 0 Å². The number of rotatable bonds is 8. The van der Waals surface area contributed by atoms with Crippen molar-refractivity contribution in [2.24, 2.45) is 5.73 Å². The molecule has 0 unspecified atom stereocenters. The quantitative estimate of drug-likeness (QED) is 0.796. The summed E-state index contributed by atoms with van der Waals surface area (Å²) in [6.07, 6.45) is 0.612. The van der Waals surface area contributed by atoms with E-state index in [0.717, 1.165) is 11.1 Å². The molecule has 2 aromatic rings. The summed E-state index contributed by atoms with van der Waals surface area (Å²) < 4.78 is 32.8. The molecule has 0 atom stereocenters. The van der Waals surface area contributed by atoms with E-state index < -0.39 is 10.0 Å². The summed E-state index contributed by atoms with van der Waals surface area (Å²) in [5, 5.41) is 0. The summed E-state index contributed by atoms with van der Waals surface area (Å²) in [6.45, 7) is 2.99. The average molecular weight is 348 g/mol. The van der Waals surface area contributed by atoms with Crippen LogP contribution in [0.5, 0.6) is 5.75 Å². The van der Waals surface area contributed by atoms with Crippen LogP contribution in [0, 0.1) is 6.92 Å². The third-order valence-electron chi connectivity index (χ3n) is 3.82. The number of hydrogen-bond acceptors (Lipinski definition) is 4. The van der Waals surface area contributed by atoms with E-state index in [1.54, 1.807) is 25.3 Å². The van der Waals surface area contributed by atoms with Gasteiger partial charge in [-0.2, -0.15) is 4.31 Å². The van der Waals surface area contributed by atoms with E-state index in [1.165, 1.54) is 4.31 Å². The third-order valence-corrected chi connectivity index (χ3v) is 5.66. The smallest absolute Gasteiger partial charge is 0.243 e. The van der Waals surface area contributed by atoms with Crippen LogP contribution in [-0.4, -0.2) is 32.9 Å². The zero-order valence-electron chi connectivity index (χ0n) is 14.1. The highest BCUT2D eigenvalue weighted by Gasteiger charge is 2.24. The highest BCUT2D eigenvalue weighted by Crippen LogP contribution is 2.24. The Hall–Kier alpha value is -1.89. The van der Waals surface area contributed by atoms with Crippen molar-refractivity contribution in [2.75, 3.05) is 20.2 Å². The number of benzene rings is 2. The Morgan fingerprint density at radius 1 is 1.12 bits per heavy atom. The molecule has 0 bridgehead atoms. The topological polar surface area (TPSA) is 72.6 Å². The minimum atomic E-state index is -3.60. The Balaban J connectivity index is 2.34. The summed E-state index contributed by atoms with van der Waals surface area (Å²) in [4.78, 5) is 0.272. The Bertz CT molecular complexity index is 761. The Morgan fingerprint density at radius 3 is 2.42 bits per heavy atom. The fraction of sp³-hybridized carbons (Fsp3) is 0.333. The predicted octanol–water partition coefficient (Wildman–Crippen LogP) is 2.54. The number of nitrogens with two attached hydrogens (primary N) is 1. The lowest BCUT2D eigenvalue weighted by Crippen LogP contribution is -2.32. The van der Waals surface area contributed by atoms with Crippen LogP contribution in [0.15, 0.2) is 53.4 Å². The number of sulfonamides is 1. The zero-order chi connectivity index (χ0) is 17.6. The monoisotopic (exact) mass is 348 g/mol. The molecule has 0 heterocycles. The second-order valence-electron chi connectivity index (χ2n) is 5.60. The SMILES string of the molecule is COc1ccc(S(=O)(=O)N(CCCN)Cc2ccccc2)cc1C. The largest absolute Gasteiger partial charge is 0.496 e. The maximum atomic E-state index is 13.0. The van der Waals surface area contributed by atoms with Crippen LogP contribution in [0.4, 0.5) is 0 Å². The van der Waals surface area contributed by atoms with Gasteiger partial charge in [-0.05, 0) is 49.2 Å². The molecule has 2 N–H and O–H groups in total. The van der Waals surface area contributed by atoms with Gasteiger partial charge in [-0.3, -0.25) is 0 Å². The first-order chi connectivity index (χ1) is 11.5. The first kappa shape index (κ1) is 18.4. The number of nitrogens with zero attached hydrogens (tertiary/aromatic N) is 1. The summed E-state index contributed by atoms with van der Waals surface area (Å²) in [5.74, 6) is 0.672. The minimum Gasteiger partial charge on any atom is -0.496 e. The number of methoxy groups -OCH3 is 1. The van der Waals surface area contributed by atoms with Crippen LogP contribution in [0.3, 0.4) is 0 Å². The Labute approximate surface area is 144 Å². The molecular weight excluding hydrogens is 324 g/mol. The first-order valence-electron chi connectivity index (χ1n) is 7.88. The average Bonchev–Trinajstić information content (AvgIpc) is 2.59. The van der Waals surface area contributed by atoms with Gasteiger partial charge in [0, 0.05) is 13.1 Å². The lowest BCUT2D eigenvalue weighted by molar-refractivity contribution is 0.400. The van der Waals surface area contributed by atoms with E-state index >= 15 is 0 Å². The van der Waals surface area contributed by atoms with Crippen molar-refractivity contribution in [1.29, 1.82) is 0 Å². The van der Waals surface area contributed by atoms with E-state index in [2.05, 4.69) is 0 Å². The molecule has 0 radical (unpaired) electrons. The molecule has 2 aromatic carbocycles. The van der Waals surface area contributed by atoms with E-state index in [4.69, 9.17) is 10.5 Å². The molecule has 0 aliphatic rings. The van der Waals surface area contributed by atoms with Crippen molar-refractivity contribution < 1.29 is 13.2 Å². The second kappa shape index (κ2) is 8.28. The molecule has 130 valence electrons. The van der Waals surface area contributed by atoms with Gasteiger partial charge in [-0.1, -0.05) is 30.3 Å². The molecule has 0 aromatic heterocycles. The maximum Gasteiger partial charge on any atom is 0.243 e. The van der Waals surface area contributed by atoms with Crippen molar-refractivity contribution in [3.05, 3.63) is 59.7 Å². The van der Waals surface area contributed by atoms with Crippen LogP contribution in [0.25, 0.3) is 0 Å². The van der Waals surface area contributed by atoms with Gasteiger partial charge in [0.05, 0.1) is 12.0 Å². The van der Waals surface area contributed by atoms with Gasteiger partial charge < -0.3 is 10.5 Å². The van der Waals surface area contributed by atoms with Gasteiger partial charge in [-0.15, -0.1) is 0 Å². The van der Waals surface area contributed by atoms with Gasteiger partial charge >= 0.3 is 0 Å². The predicted molar refractivity (Wildman–Crippen MR) is 95.4 cm³/mol. The first-order valence-corrected chi connectivity index (χ1v) is 9.32. The minimum absolute atomic E-state index is 0.272. The van der Waals surface area contributed by atoms with Crippen molar-refractivity contribution >= 4 is 10.0 Å². The Kier molecular flexibility index (Phi) is 6.36. The van der Waals surface area contributed by atoms with E-state index in [0.29, 0.717) is 31.8 Å². The van der Waals surface area contributed by atoms with Crippen molar-refractivity contribution in [1.82, 2.24) is 4.31 Å². The van der Waals surface area contributed by atoms with Gasteiger partial charge in [0.2, 0.25) is 10.0 Å². The van der Waals surface area contributed by atoms with E-state index in [-0.39, 0.29) is 4.90 Å². The van der Waals surface area contributed by atoms with E-state index in [1.807, 2.05) is 37.3 Å². The summed E-state index contributed by atoms with van der Waals surface area (Å²) >= 11 is 0. The third kappa shape index (κ3) is 4.35. The van der Waals surface area contributed by atoms with Gasteiger partial charge in [0.25, 0.3) is 0 Å². The lowest BCUT2D eigenvalue weighted by atomic mass is 10.2. The van der Waals surface area contributed by atoms with Crippen molar-refractivity contribution in [3.63, 3.8) is 0 Å². The molecule has 24 heavy (non-hydrogen) atoms. The number of hydrogen-bond donors (Lipinski definition) is 1. The maximum absolute atomic E-state index is 13.0. The molecule has 0 amide bonds. The molecule has 0 saturated carbocycles. The highest BCUT2D eigenvalue weighted by molar-refractivity contribution is 7.89. The van der Waals surface area contributed by atoms with Crippen LogP contribution >= 0.6 is 0 Å². The summed E-state index contributed by atoms with van der Waals surface area (Å²) in [5.41, 5.74) is 7.31. The molecule has 0 saturated heterocycles. The van der Waals surface area contributed by atoms with Gasteiger partial charge in [0.1, 0.15) is 5.75 Å². The summed E-state index contributed by atoms with van der Waals surface area (Å²) in [6, 6.07) is 14.5. The molecule has 0 fully saturated rings. The molecule has 0 aliphatic carbocycles. The number of ether oxygens (including phenoxy) is 1. The highest BCUT2D eigenvalue weighted by atomic mass is 32.2. The molecule has 6 heteroatoms. The zero-order valence-corrected chi connectivity index (χ0v) is 14.9. The fourth-order valence-electron chi connectivity index (χ4n) is 2.50. The van der Waals surface area contributed by atoms with Gasteiger partial charge in [0.15, 0.2) is 0 Å². The fourth-order valence-corrected chi connectivity index (χ4v) is 4.05. The van der Waals surface area contributed by atoms with Crippen LogP contribution in [0.1, 0.15) is 17.5 Å². The summed E-state index contributed by atoms with van der Waals surface area (Å²) in [7, 11) is -2.03. The molecule has 2 rings (SSSR count). The second-order valence-corrected chi connectivity index (χ2v) is 7.54. The molecule has 0 spiro atoms. The lowest BCUT2D eigenvalue weighted by Gasteiger charge is -2.22. The molecule has 5 nitrogen and oxygen atoms in total. The normalized spacial score (nSPS) is 11.7. The van der Waals surface area contributed by atoms with Crippen molar-refractivity contribution in [3.8, 4) is 5.75 Å². The van der Waals surface area contributed by atoms with Crippen LogP contribution in [-0.2, 0) is 16.6 Å². The standard InChI is InChI=1S/C18H24N2O3S/c1-15-13-17(9-10-18(15)23-2)24(21,22)20(12-6-11-19)14-16-7-4-3-5-8-16/h3-5,7-10,13H,6,11-12,14,19H2,1-2H3. The van der Waals surface area contributed by atoms with E-state index in [9.17, 15) is 8.42 Å². The number of aryl methyl sites for hydroxylation is 1. The molecular formula is C18H24N2O3S. The molecule has 0 aliphatic heterocycles. The van der Waals surface area contributed by atoms with Gasteiger partial charge in [-0.25, -0.2) is 8.42 Å². The van der Waals surface area contributed by atoms with Crippen molar-refractivity contribution in [2.45, 2.75) is 24.8 Å². The Morgan fingerprint density at radius 2 is 1.83 bits per heavy atom. The van der Waals surface area contributed by atoms with Crippen LogP contribution < -0.4 is 10.5 Å².